The van der Waals surface area contributed by atoms with Crippen LogP contribution in [0.1, 0.15) is 20.8 Å². The number of hydrogen-bond acceptors (Lipinski definition) is 3. The third-order valence-corrected chi connectivity index (χ3v) is 1.81. The first-order valence-electron chi connectivity index (χ1n) is 5.16. The third-order valence-electron chi connectivity index (χ3n) is 1.81. The van der Waals surface area contributed by atoms with Crippen molar-refractivity contribution in [1.82, 2.24) is 0 Å². The molecule has 3 N–H and O–H groups in total. The molecule has 0 aliphatic carbocycles. The van der Waals surface area contributed by atoms with Gasteiger partial charge in [0.15, 0.2) is 0 Å². The molecule has 0 saturated carbocycles. The number of rotatable bonds is 3. The van der Waals surface area contributed by atoms with E-state index in [1.807, 2.05) is 20.8 Å². The van der Waals surface area contributed by atoms with Crippen LogP contribution in [0.3, 0.4) is 0 Å². The van der Waals surface area contributed by atoms with Crippen molar-refractivity contribution in [3.8, 4) is 0 Å². The lowest BCUT2D eigenvalue weighted by molar-refractivity contribution is -0.125. The van der Waals surface area contributed by atoms with Gasteiger partial charge in [-0.1, -0.05) is 6.07 Å². The number of amides is 1. The molecule has 1 amide bonds. The van der Waals surface area contributed by atoms with Crippen LogP contribution in [0.15, 0.2) is 24.3 Å². The predicted molar refractivity (Wildman–Crippen MR) is 65.2 cm³/mol. The quantitative estimate of drug-likeness (QED) is 0.769. The number of carbonyl (C=O) groups is 1. The lowest BCUT2D eigenvalue weighted by Crippen LogP contribution is -2.27. The third kappa shape index (κ3) is 4.79. The highest BCUT2D eigenvalue weighted by molar-refractivity contribution is 5.92. The SMILES string of the molecule is CC(C)(C)OCC(=O)Nc1cccc(N)c1. The van der Waals surface area contributed by atoms with Gasteiger partial charge in [-0.2, -0.15) is 0 Å². The Balaban J connectivity index is 2.46. The van der Waals surface area contributed by atoms with E-state index < -0.39 is 0 Å². The van der Waals surface area contributed by atoms with E-state index in [4.69, 9.17) is 10.5 Å². The Morgan fingerprint density at radius 1 is 1.44 bits per heavy atom. The highest BCUT2D eigenvalue weighted by Crippen LogP contribution is 2.12. The molecule has 4 nitrogen and oxygen atoms in total. The van der Waals surface area contributed by atoms with E-state index in [9.17, 15) is 4.79 Å². The minimum atomic E-state index is -0.312. The second-order valence-corrected chi connectivity index (χ2v) is 4.57. The van der Waals surface area contributed by atoms with Crippen LogP contribution >= 0.6 is 0 Å². The van der Waals surface area contributed by atoms with Gasteiger partial charge in [0.2, 0.25) is 5.91 Å². The highest BCUT2D eigenvalue weighted by Gasteiger charge is 2.12. The van der Waals surface area contributed by atoms with E-state index >= 15 is 0 Å². The molecular weight excluding hydrogens is 204 g/mol. The maximum Gasteiger partial charge on any atom is 0.250 e. The van der Waals surface area contributed by atoms with E-state index in [1.54, 1.807) is 24.3 Å². The molecule has 0 fully saturated rings. The first-order chi connectivity index (χ1) is 7.37. The van der Waals surface area contributed by atoms with Crippen LogP contribution in [0.25, 0.3) is 0 Å². The molecule has 0 spiro atoms. The molecule has 16 heavy (non-hydrogen) atoms. The Bertz CT molecular complexity index is 370. The average molecular weight is 222 g/mol. The van der Waals surface area contributed by atoms with Crippen molar-refractivity contribution < 1.29 is 9.53 Å². The Kier molecular flexibility index (Phi) is 3.90. The van der Waals surface area contributed by atoms with Gasteiger partial charge in [0.05, 0.1) is 5.60 Å². The highest BCUT2D eigenvalue weighted by atomic mass is 16.5. The lowest BCUT2D eigenvalue weighted by atomic mass is 10.2. The van der Waals surface area contributed by atoms with Gasteiger partial charge in [0, 0.05) is 11.4 Å². The van der Waals surface area contributed by atoms with E-state index in [0.717, 1.165) is 0 Å². The normalized spacial score (nSPS) is 11.2. The molecule has 1 aromatic rings. The molecule has 0 atom stereocenters. The van der Waals surface area contributed by atoms with E-state index in [2.05, 4.69) is 5.32 Å². The minimum absolute atomic E-state index is 0.0400. The van der Waals surface area contributed by atoms with Crippen molar-refractivity contribution in [2.75, 3.05) is 17.7 Å². The summed E-state index contributed by atoms with van der Waals surface area (Å²) < 4.78 is 5.35. The van der Waals surface area contributed by atoms with Crippen LogP contribution < -0.4 is 11.1 Å². The molecule has 0 aromatic heterocycles. The Hall–Kier alpha value is -1.55. The zero-order valence-corrected chi connectivity index (χ0v) is 9.91. The van der Waals surface area contributed by atoms with Gasteiger partial charge >= 0.3 is 0 Å². The molecule has 4 heteroatoms. The van der Waals surface area contributed by atoms with Crippen LogP contribution in [0.5, 0.6) is 0 Å². The van der Waals surface area contributed by atoms with Crippen LogP contribution in [0.4, 0.5) is 11.4 Å². The van der Waals surface area contributed by atoms with Gasteiger partial charge in [-0.3, -0.25) is 4.79 Å². The number of nitrogen functional groups attached to an aromatic ring is 1. The van der Waals surface area contributed by atoms with Crippen molar-refractivity contribution >= 4 is 17.3 Å². The fraction of sp³-hybridized carbons (Fsp3) is 0.417. The predicted octanol–water partition coefficient (Wildman–Crippen LogP) is 2.02. The Morgan fingerprint density at radius 3 is 2.69 bits per heavy atom. The molecule has 0 aliphatic heterocycles. The Morgan fingerprint density at radius 2 is 2.12 bits per heavy atom. The average Bonchev–Trinajstić information content (AvgIpc) is 2.14. The van der Waals surface area contributed by atoms with Crippen LogP contribution in [-0.4, -0.2) is 18.1 Å². The molecule has 0 heterocycles. The molecule has 1 rings (SSSR count). The topological polar surface area (TPSA) is 64.3 Å². The smallest absolute Gasteiger partial charge is 0.250 e. The summed E-state index contributed by atoms with van der Waals surface area (Å²) in [6.07, 6.45) is 0. The van der Waals surface area contributed by atoms with Crippen molar-refractivity contribution in [2.45, 2.75) is 26.4 Å². The van der Waals surface area contributed by atoms with Crippen molar-refractivity contribution in [2.24, 2.45) is 0 Å². The zero-order valence-electron chi connectivity index (χ0n) is 9.91. The molecule has 1 aromatic carbocycles. The van der Waals surface area contributed by atoms with Crippen LogP contribution in [-0.2, 0) is 9.53 Å². The number of benzene rings is 1. The van der Waals surface area contributed by atoms with Gasteiger partial charge in [0.1, 0.15) is 6.61 Å². The van der Waals surface area contributed by atoms with Gasteiger partial charge in [-0.25, -0.2) is 0 Å². The maximum absolute atomic E-state index is 11.5. The Labute approximate surface area is 95.8 Å². The molecule has 0 saturated heterocycles. The van der Waals surface area contributed by atoms with Crippen molar-refractivity contribution in [3.05, 3.63) is 24.3 Å². The summed E-state index contributed by atoms with van der Waals surface area (Å²) in [5.74, 6) is -0.180. The van der Waals surface area contributed by atoms with E-state index in [1.165, 1.54) is 0 Å². The molecule has 88 valence electrons. The second kappa shape index (κ2) is 4.99. The van der Waals surface area contributed by atoms with Gasteiger partial charge < -0.3 is 15.8 Å². The van der Waals surface area contributed by atoms with E-state index in [0.29, 0.717) is 11.4 Å². The number of carbonyl (C=O) groups excluding carboxylic acids is 1. The maximum atomic E-state index is 11.5. The fourth-order valence-corrected chi connectivity index (χ4v) is 1.10. The molecule has 0 bridgehead atoms. The number of nitrogens with two attached hydrogens (primary N) is 1. The van der Waals surface area contributed by atoms with Crippen molar-refractivity contribution in [3.63, 3.8) is 0 Å². The summed E-state index contributed by atoms with van der Waals surface area (Å²) >= 11 is 0. The largest absolute Gasteiger partial charge is 0.399 e. The van der Waals surface area contributed by atoms with Crippen LogP contribution in [0, 0.1) is 0 Å². The molecule has 0 radical (unpaired) electrons. The summed E-state index contributed by atoms with van der Waals surface area (Å²) in [6.45, 7) is 5.75. The second-order valence-electron chi connectivity index (χ2n) is 4.57. The van der Waals surface area contributed by atoms with Crippen LogP contribution in [0.2, 0.25) is 0 Å². The standard InChI is InChI=1S/C12H18N2O2/c1-12(2,3)16-8-11(15)14-10-6-4-5-9(13)7-10/h4-7H,8,13H2,1-3H3,(H,14,15). The first kappa shape index (κ1) is 12.5. The van der Waals surface area contributed by atoms with Gasteiger partial charge in [-0.15, -0.1) is 0 Å². The summed E-state index contributed by atoms with van der Waals surface area (Å²) in [7, 11) is 0. The number of ether oxygens (including phenoxy) is 1. The number of nitrogens with one attached hydrogen (secondary N) is 1. The lowest BCUT2D eigenvalue weighted by Gasteiger charge is -2.19. The summed E-state index contributed by atoms with van der Waals surface area (Å²) in [4.78, 5) is 11.5. The summed E-state index contributed by atoms with van der Waals surface area (Å²) in [5.41, 5.74) is 6.59. The minimum Gasteiger partial charge on any atom is -0.399 e. The van der Waals surface area contributed by atoms with Gasteiger partial charge in [0.25, 0.3) is 0 Å². The molecule has 0 aliphatic rings. The molecule has 0 unspecified atom stereocenters. The molecular formula is C12H18N2O2. The first-order valence-corrected chi connectivity index (χ1v) is 5.16. The number of hydrogen-bond donors (Lipinski definition) is 2. The van der Waals surface area contributed by atoms with E-state index in [-0.39, 0.29) is 18.1 Å². The fourth-order valence-electron chi connectivity index (χ4n) is 1.10. The monoisotopic (exact) mass is 222 g/mol. The summed E-state index contributed by atoms with van der Waals surface area (Å²) in [5, 5.41) is 2.71. The van der Waals surface area contributed by atoms with Crippen molar-refractivity contribution in [1.29, 1.82) is 0 Å². The summed E-state index contributed by atoms with van der Waals surface area (Å²) in [6, 6.07) is 7.04. The number of anilines is 2. The zero-order chi connectivity index (χ0) is 12.2. The van der Waals surface area contributed by atoms with Gasteiger partial charge in [-0.05, 0) is 39.0 Å².